The van der Waals surface area contributed by atoms with Crippen LogP contribution in [0.2, 0.25) is 0 Å². The van der Waals surface area contributed by atoms with Gasteiger partial charge < -0.3 is 10.4 Å². The van der Waals surface area contributed by atoms with E-state index in [4.69, 9.17) is 5.11 Å². The van der Waals surface area contributed by atoms with Crippen molar-refractivity contribution in [1.29, 1.82) is 0 Å². The van der Waals surface area contributed by atoms with Crippen LogP contribution in [0.25, 0.3) is 0 Å². The van der Waals surface area contributed by atoms with E-state index in [1.54, 1.807) is 31.3 Å². The zero-order valence-electron chi connectivity index (χ0n) is 16.0. The maximum Gasteiger partial charge on any atom is 0.306 e. The van der Waals surface area contributed by atoms with Gasteiger partial charge in [0, 0.05) is 25.6 Å². The number of sulfonamides is 1. The molecule has 150 valence electrons. The molecule has 0 heterocycles. The number of carbonyl (C=O) groups excluding carboxylic acids is 1. The van der Waals surface area contributed by atoms with Crippen LogP contribution < -0.4 is 5.32 Å². The molecule has 1 aliphatic rings. The van der Waals surface area contributed by atoms with Gasteiger partial charge in [-0.1, -0.05) is 12.1 Å². The topological polar surface area (TPSA) is 104 Å². The fourth-order valence-electron chi connectivity index (χ4n) is 3.16. The number of hydrogen-bond acceptors (Lipinski definition) is 4. The number of aliphatic carboxylic acids is 1. The van der Waals surface area contributed by atoms with Crippen molar-refractivity contribution in [3.8, 4) is 0 Å². The molecular formula is C19H28N2O5S. The van der Waals surface area contributed by atoms with Crippen LogP contribution in [0.5, 0.6) is 0 Å². The smallest absolute Gasteiger partial charge is 0.306 e. The summed E-state index contributed by atoms with van der Waals surface area (Å²) in [7, 11) is -1.97. The third kappa shape index (κ3) is 5.29. The Morgan fingerprint density at radius 1 is 1.11 bits per heavy atom. The van der Waals surface area contributed by atoms with Crippen molar-refractivity contribution in [3.63, 3.8) is 0 Å². The summed E-state index contributed by atoms with van der Waals surface area (Å²) >= 11 is 0. The highest BCUT2D eigenvalue weighted by Crippen LogP contribution is 2.29. The van der Waals surface area contributed by atoms with Gasteiger partial charge in [0.05, 0.1) is 10.8 Å². The van der Waals surface area contributed by atoms with E-state index < -0.39 is 16.0 Å². The number of carboxylic acids is 1. The van der Waals surface area contributed by atoms with Gasteiger partial charge in [0.2, 0.25) is 15.9 Å². The quantitative estimate of drug-likeness (QED) is 0.735. The lowest BCUT2D eigenvalue weighted by atomic mass is 9.81. The minimum Gasteiger partial charge on any atom is -0.481 e. The van der Waals surface area contributed by atoms with Crippen molar-refractivity contribution >= 4 is 21.9 Å². The van der Waals surface area contributed by atoms with E-state index in [0.29, 0.717) is 32.2 Å². The van der Waals surface area contributed by atoms with Crippen LogP contribution in [0.3, 0.4) is 0 Å². The number of carboxylic acid groups (broad SMARTS) is 1. The van der Waals surface area contributed by atoms with Crippen molar-refractivity contribution in [2.24, 2.45) is 11.8 Å². The Hall–Kier alpha value is -1.93. The Labute approximate surface area is 160 Å². The lowest BCUT2D eigenvalue weighted by molar-refractivity contribution is -0.144. The molecule has 1 aliphatic carbocycles. The molecule has 0 unspecified atom stereocenters. The van der Waals surface area contributed by atoms with E-state index in [9.17, 15) is 18.0 Å². The first-order chi connectivity index (χ1) is 12.6. The maximum atomic E-state index is 12.4. The summed E-state index contributed by atoms with van der Waals surface area (Å²) in [4.78, 5) is 23.5. The normalized spacial score (nSPS) is 20.6. The molecule has 0 saturated heterocycles. The second-order valence-electron chi connectivity index (χ2n) is 7.36. The van der Waals surface area contributed by atoms with Gasteiger partial charge in [-0.15, -0.1) is 0 Å². The van der Waals surface area contributed by atoms with E-state index in [0.717, 1.165) is 5.56 Å². The lowest BCUT2D eigenvalue weighted by Gasteiger charge is -2.25. The Balaban J connectivity index is 1.90. The van der Waals surface area contributed by atoms with Gasteiger partial charge in [-0.2, -0.15) is 4.31 Å². The minimum atomic E-state index is -3.52. The van der Waals surface area contributed by atoms with Crippen LogP contribution >= 0.6 is 0 Å². The predicted molar refractivity (Wildman–Crippen MR) is 101 cm³/mol. The predicted octanol–water partition coefficient (Wildman–Crippen LogP) is 2.22. The number of nitrogens with one attached hydrogen (secondary N) is 1. The van der Waals surface area contributed by atoms with Crippen LogP contribution in [-0.4, -0.2) is 42.8 Å². The first kappa shape index (κ1) is 21.4. The first-order valence-corrected chi connectivity index (χ1v) is 10.6. The van der Waals surface area contributed by atoms with Crippen molar-refractivity contribution in [3.05, 3.63) is 29.8 Å². The van der Waals surface area contributed by atoms with E-state index in [1.165, 1.54) is 4.31 Å². The monoisotopic (exact) mass is 396 g/mol. The van der Waals surface area contributed by atoms with Gasteiger partial charge >= 0.3 is 5.97 Å². The first-order valence-electron chi connectivity index (χ1n) is 9.20. The molecule has 7 nitrogen and oxygen atoms in total. The fraction of sp³-hybridized carbons (Fsp3) is 0.579. The SMILES string of the molecule is CC(C)N(C)S(=O)(=O)c1ccc(CNC(=O)C2CCC(C(=O)O)CC2)cc1. The van der Waals surface area contributed by atoms with Crippen molar-refractivity contribution in [1.82, 2.24) is 9.62 Å². The van der Waals surface area contributed by atoms with E-state index in [1.807, 2.05) is 13.8 Å². The van der Waals surface area contributed by atoms with Crippen LogP contribution in [0.15, 0.2) is 29.2 Å². The highest BCUT2D eigenvalue weighted by molar-refractivity contribution is 7.89. The van der Waals surface area contributed by atoms with Crippen molar-refractivity contribution in [2.45, 2.75) is 57.0 Å². The number of benzene rings is 1. The second-order valence-corrected chi connectivity index (χ2v) is 9.36. The molecule has 0 spiro atoms. The fourth-order valence-corrected chi connectivity index (χ4v) is 4.53. The summed E-state index contributed by atoms with van der Waals surface area (Å²) in [5, 5.41) is 11.9. The van der Waals surface area contributed by atoms with Crippen LogP contribution in [-0.2, 0) is 26.2 Å². The van der Waals surface area contributed by atoms with Crippen molar-refractivity contribution < 1.29 is 23.1 Å². The number of nitrogens with zero attached hydrogens (tertiary/aromatic N) is 1. The van der Waals surface area contributed by atoms with E-state index in [2.05, 4.69) is 5.32 Å². The molecule has 1 saturated carbocycles. The van der Waals surface area contributed by atoms with E-state index >= 15 is 0 Å². The third-order valence-corrected chi connectivity index (χ3v) is 7.29. The maximum absolute atomic E-state index is 12.4. The van der Waals surface area contributed by atoms with Gasteiger partial charge in [-0.05, 0) is 57.2 Å². The Bertz CT molecular complexity index is 766. The third-order valence-electron chi connectivity index (χ3n) is 5.24. The zero-order valence-corrected chi connectivity index (χ0v) is 16.8. The minimum absolute atomic E-state index is 0.0740. The summed E-state index contributed by atoms with van der Waals surface area (Å²) in [5.74, 6) is -1.35. The van der Waals surface area contributed by atoms with Gasteiger partial charge in [0.15, 0.2) is 0 Å². The van der Waals surface area contributed by atoms with Crippen LogP contribution in [0.4, 0.5) is 0 Å². The Morgan fingerprint density at radius 3 is 2.11 bits per heavy atom. The summed E-state index contributed by atoms with van der Waals surface area (Å²) in [6.45, 7) is 3.94. The molecule has 2 rings (SSSR count). The zero-order chi connectivity index (χ0) is 20.2. The molecule has 1 amide bonds. The van der Waals surface area contributed by atoms with Crippen LogP contribution in [0.1, 0.15) is 45.1 Å². The van der Waals surface area contributed by atoms with Crippen LogP contribution in [0, 0.1) is 11.8 Å². The molecular weight excluding hydrogens is 368 g/mol. The molecule has 1 aromatic rings. The summed E-state index contributed by atoms with van der Waals surface area (Å²) in [6, 6.07) is 6.36. The molecule has 27 heavy (non-hydrogen) atoms. The van der Waals surface area contributed by atoms with Gasteiger partial charge in [0.1, 0.15) is 0 Å². The largest absolute Gasteiger partial charge is 0.481 e. The standard InChI is InChI=1S/C19H28N2O5S/c1-13(2)21(3)27(25,26)17-10-4-14(5-11-17)12-20-18(22)15-6-8-16(9-7-15)19(23)24/h4-5,10-11,13,15-16H,6-9,12H2,1-3H3,(H,20,22)(H,23,24). The second kappa shape index (κ2) is 8.84. The number of hydrogen-bond donors (Lipinski definition) is 2. The summed E-state index contributed by atoms with van der Waals surface area (Å²) < 4.78 is 26.2. The Kier molecular flexibility index (Phi) is 7.00. The summed E-state index contributed by atoms with van der Waals surface area (Å²) in [5.41, 5.74) is 0.814. The molecule has 1 fully saturated rings. The molecule has 0 atom stereocenters. The summed E-state index contributed by atoms with van der Waals surface area (Å²) in [6.07, 6.45) is 2.23. The van der Waals surface area contributed by atoms with E-state index in [-0.39, 0.29) is 28.7 Å². The molecule has 2 N–H and O–H groups in total. The highest BCUT2D eigenvalue weighted by atomic mass is 32.2. The average Bonchev–Trinajstić information content (AvgIpc) is 2.65. The lowest BCUT2D eigenvalue weighted by Crippen LogP contribution is -2.34. The number of carbonyl (C=O) groups is 2. The van der Waals surface area contributed by atoms with Gasteiger partial charge in [0.25, 0.3) is 0 Å². The number of amides is 1. The average molecular weight is 397 g/mol. The number of rotatable bonds is 7. The Morgan fingerprint density at radius 2 is 1.63 bits per heavy atom. The molecule has 8 heteroatoms. The molecule has 0 aliphatic heterocycles. The highest BCUT2D eigenvalue weighted by Gasteiger charge is 2.29. The van der Waals surface area contributed by atoms with Gasteiger partial charge in [-0.25, -0.2) is 8.42 Å². The molecule has 0 radical (unpaired) electrons. The van der Waals surface area contributed by atoms with Gasteiger partial charge in [-0.3, -0.25) is 9.59 Å². The van der Waals surface area contributed by atoms with Crippen molar-refractivity contribution in [2.75, 3.05) is 7.05 Å². The molecule has 1 aromatic carbocycles. The molecule has 0 aromatic heterocycles. The molecule has 0 bridgehead atoms.